The van der Waals surface area contributed by atoms with Crippen molar-refractivity contribution in [3.8, 4) is 0 Å². The summed E-state index contributed by atoms with van der Waals surface area (Å²) in [4.78, 5) is 0. The first-order valence-electron chi connectivity index (χ1n) is 2.17. The first kappa shape index (κ1) is 5.10. The molecule has 0 amide bonds. The molecule has 0 N–H and O–H groups in total. The molecule has 2 unspecified atom stereocenters. The molecule has 0 aromatic heterocycles. The molecule has 1 aliphatic carbocycles. The van der Waals surface area contributed by atoms with Crippen molar-refractivity contribution in [2.45, 2.75) is 11.5 Å². The fourth-order valence-electron chi connectivity index (χ4n) is 0.490. The van der Waals surface area contributed by atoms with Gasteiger partial charge in [0.05, 0.1) is 0 Å². The van der Waals surface area contributed by atoms with Gasteiger partial charge >= 0.3 is 0 Å². The minimum atomic E-state index is -1.43. The third kappa shape index (κ3) is 0.778. The third-order valence-corrected chi connectivity index (χ3v) is 1.59. The molecule has 1 rings (SSSR count). The summed E-state index contributed by atoms with van der Waals surface area (Å²) in [5, 5.41) is -1.43. The monoisotopic (exact) mass is 120 g/mol. The van der Waals surface area contributed by atoms with Gasteiger partial charge in [-0.2, -0.15) is 0 Å². The van der Waals surface area contributed by atoms with Crippen molar-refractivity contribution >= 4 is 11.6 Å². The van der Waals surface area contributed by atoms with Crippen LogP contribution in [0.5, 0.6) is 0 Å². The van der Waals surface area contributed by atoms with Crippen LogP contribution in [0.4, 0.5) is 4.39 Å². The second kappa shape index (κ2) is 1.22. The predicted molar refractivity (Wildman–Crippen MR) is 28.0 cm³/mol. The average molecular weight is 121 g/mol. The molecule has 7 heavy (non-hydrogen) atoms. The number of hydrogen-bond donors (Lipinski definition) is 0. The summed E-state index contributed by atoms with van der Waals surface area (Å²) in [7, 11) is 0. The van der Waals surface area contributed by atoms with Crippen molar-refractivity contribution in [1.82, 2.24) is 0 Å². The number of allylic oxidation sites excluding steroid dienone is 1. The summed E-state index contributed by atoms with van der Waals surface area (Å²) in [6, 6.07) is 0. The second-order valence-electron chi connectivity index (χ2n) is 1.81. The zero-order valence-electron chi connectivity index (χ0n) is 3.82. The standard InChI is InChI=1S/C5H6ClF/c1-2-4-3-5(4,6)7/h2,4H,1,3H2. The van der Waals surface area contributed by atoms with Gasteiger partial charge in [-0.05, 0) is 0 Å². The molecule has 0 aromatic carbocycles. The Morgan fingerprint density at radius 3 is 2.43 bits per heavy atom. The Bertz CT molecular complexity index is 98.3. The second-order valence-corrected chi connectivity index (χ2v) is 2.44. The predicted octanol–water partition coefficient (Wildman–Crippen LogP) is 2.10. The van der Waals surface area contributed by atoms with Crippen molar-refractivity contribution in [3.63, 3.8) is 0 Å². The van der Waals surface area contributed by atoms with Crippen LogP contribution in [0.3, 0.4) is 0 Å². The molecular weight excluding hydrogens is 115 g/mol. The Labute approximate surface area is 47.0 Å². The maximum absolute atomic E-state index is 12.2. The Balaban J connectivity index is 2.44. The highest BCUT2D eigenvalue weighted by Gasteiger charge is 2.51. The lowest BCUT2D eigenvalue weighted by Gasteiger charge is -1.85. The van der Waals surface area contributed by atoms with Gasteiger partial charge in [0.15, 0.2) is 5.13 Å². The molecule has 1 fully saturated rings. The number of halogens is 2. The van der Waals surface area contributed by atoms with Gasteiger partial charge < -0.3 is 0 Å². The van der Waals surface area contributed by atoms with E-state index >= 15 is 0 Å². The lowest BCUT2D eigenvalue weighted by molar-refractivity contribution is 0.411. The number of hydrogen-bond acceptors (Lipinski definition) is 0. The molecule has 2 atom stereocenters. The van der Waals surface area contributed by atoms with Crippen LogP contribution in [-0.2, 0) is 0 Å². The molecule has 0 aliphatic heterocycles. The zero-order valence-corrected chi connectivity index (χ0v) is 4.58. The molecule has 0 bridgehead atoms. The lowest BCUT2D eigenvalue weighted by atomic mass is 10.4. The van der Waals surface area contributed by atoms with Crippen LogP contribution in [0.25, 0.3) is 0 Å². The fourth-order valence-corrected chi connectivity index (χ4v) is 0.745. The van der Waals surface area contributed by atoms with Crippen LogP contribution in [0, 0.1) is 5.92 Å². The molecule has 1 aliphatic rings. The van der Waals surface area contributed by atoms with Gasteiger partial charge in [-0.15, -0.1) is 6.58 Å². The SMILES string of the molecule is C=CC1CC1(F)Cl. The highest BCUT2D eigenvalue weighted by atomic mass is 35.5. The van der Waals surface area contributed by atoms with E-state index < -0.39 is 5.13 Å². The number of alkyl halides is 2. The summed E-state index contributed by atoms with van der Waals surface area (Å²) < 4.78 is 12.2. The molecule has 1 saturated carbocycles. The van der Waals surface area contributed by atoms with Crippen molar-refractivity contribution < 1.29 is 4.39 Å². The van der Waals surface area contributed by atoms with Gasteiger partial charge in [-0.3, -0.25) is 0 Å². The third-order valence-electron chi connectivity index (χ3n) is 1.16. The van der Waals surface area contributed by atoms with Gasteiger partial charge in [0.1, 0.15) is 0 Å². The largest absolute Gasteiger partial charge is 0.226 e. The van der Waals surface area contributed by atoms with E-state index in [9.17, 15) is 4.39 Å². The van der Waals surface area contributed by atoms with Gasteiger partial charge in [0.25, 0.3) is 0 Å². The molecule has 0 nitrogen and oxygen atoms in total. The van der Waals surface area contributed by atoms with E-state index in [-0.39, 0.29) is 5.92 Å². The van der Waals surface area contributed by atoms with Crippen molar-refractivity contribution in [2.24, 2.45) is 5.92 Å². The molecular formula is C5H6ClF. The molecule has 0 aromatic rings. The van der Waals surface area contributed by atoms with Gasteiger partial charge in [0, 0.05) is 12.3 Å². The highest BCUT2D eigenvalue weighted by Crippen LogP contribution is 2.51. The topological polar surface area (TPSA) is 0 Å². The average Bonchev–Trinajstić information content (AvgIpc) is 2.13. The maximum atomic E-state index is 12.2. The van der Waals surface area contributed by atoms with Crippen molar-refractivity contribution in [1.29, 1.82) is 0 Å². The van der Waals surface area contributed by atoms with Gasteiger partial charge in [-0.25, -0.2) is 4.39 Å². The Kier molecular flexibility index (Phi) is 0.890. The van der Waals surface area contributed by atoms with E-state index in [1.165, 1.54) is 0 Å². The minimum absolute atomic E-state index is 0.0887. The summed E-state index contributed by atoms with van der Waals surface area (Å²) in [5.41, 5.74) is 0. The normalized spacial score (nSPS) is 48.6. The Hall–Kier alpha value is -0.0400. The summed E-state index contributed by atoms with van der Waals surface area (Å²) in [6.45, 7) is 3.39. The minimum Gasteiger partial charge on any atom is -0.226 e. The van der Waals surface area contributed by atoms with Gasteiger partial charge in [-0.1, -0.05) is 17.7 Å². The van der Waals surface area contributed by atoms with Gasteiger partial charge in [0.2, 0.25) is 0 Å². The van der Waals surface area contributed by atoms with Crippen LogP contribution in [0.1, 0.15) is 6.42 Å². The van der Waals surface area contributed by atoms with Crippen LogP contribution in [0.2, 0.25) is 0 Å². The molecule has 40 valence electrons. The van der Waals surface area contributed by atoms with E-state index in [0.29, 0.717) is 6.42 Å². The van der Waals surface area contributed by atoms with E-state index in [2.05, 4.69) is 6.58 Å². The maximum Gasteiger partial charge on any atom is 0.190 e. The molecule has 0 radical (unpaired) electrons. The molecule has 0 heterocycles. The van der Waals surface area contributed by atoms with Crippen LogP contribution in [-0.4, -0.2) is 5.13 Å². The van der Waals surface area contributed by atoms with E-state index in [4.69, 9.17) is 11.6 Å². The van der Waals surface area contributed by atoms with Crippen molar-refractivity contribution in [2.75, 3.05) is 0 Å². The molecule has 0 saturated heterocycles. The molecule has 0 spiro atoms. The van der Waals surface area contributed by atoms with Crippen LogP contribution < -0.4 is 0 Å². The Morgan fingerprint density at radius 2 is 2.43 bits per heavy atom. The van der Waals surface area contributed by atoms with Crippen LogP contribution >= 0.6 is 11.6 Å². The molecule has 2 heteroatoms. The zero-order chi connectivity index (χ0) is 5.49. The highest BCUT2D eigenvalue weighted by molar-refractivity contribution is 6.25. The summed E-state index contributed by atoms with van der Waals surface area (Å²) in [5.74, 6) is -0.0887. The van der Waals surface area contributed by atoms with Crippen LogP contribution in [0.15, 0.2) is 12.7 Å². The van der Waals surface area contributed by atoms with E-state index in [0.717, 1.165) is 0 Å². The smallest absolute Gasteiger partial charge is 0.190 e. The summed E-state index contributed by atoms with van der Waals surface area (Å²) >= 11 is 5.17. The number of rotatable bonds is 1. The van der Waals surface area contributed by atoms with E-state index in [1.807, 2.05) is 0 Å². The van der Waals surface area contributed by atoms with E-state index in [1.54, 1.807) is 6.08 Å². The quantitative estimate of drug-likeness (QED) is 0.367. The summed E-state index contributed by atoms with van der Waals surface area (Å²) in [6.07, 6.45) is 1.99. The first-order chi connectivity index (χ1) is 3.17. The van der Waals surface area contributed by atoms with Crippen molar-refractivity contribution in [3.05, 3.63) is 12.7 Å². The fraction of sp³-hybridized carbons (Fsp3) is 0.600. The Morgan fingerprint density at radius 1 is 2.00 bits per heavy atom. The first-order valence-corrected chi connectivity index (χ1v) is 2.55. The lowest BCUT2D eigenvalue weighted by Crippen LogP contribution is -1.85.